The number of hydrogen-bond acceptors (Lipinski definition) is 8. The Labute approximate surface area is 50.7 Å². The summed E-state index contributed by atoms with van der Waals surface area (Å²) in [5.74, 6) is 19.1. The molecule has 0 aromatic carbocycles. The van der Waals surface area contributed by atoms with Crippen LogP contribution in [0.3, 0.4) is 0 Å². The Bertz CT molecular complexity index is 61.3. The highest BCUT2D eigenvalue weighted by molar-refractivity contribution is 3.69. The van der Waals surface area contributed by atoms with Gasteiger partial charge in [-0.1, -0.05) is 0 Å². The second-order valence-corrected chi connectivity index (χ2v) is 1.20. The van der Waals surface area contributed by atoms with Crippen molar-refractivity contribution in [2.24, 2.45) is 23.5 Å². The standard InChI is InChI=1S/H10N7O2/c1-7(2,5-8-3)6-9-4/h5-6H,1-4H2/q+1. The van der Waals surface area contributed by atoms with Gasteiger partial charge in [0.15, 0.2) is 0 Å². The van der Waals surface area contributed by atoms with Crippen molar-refractivity contribution in [2.45, 2.75) is 0 Å². The second-order valence-electron chi connectivity index (χ2n) is 1.20. The van der Waals surface area contributed by atoms with Crippen molar-refractivity contribution in [3.8, 4) is 0 Å². The van der Waals surface area contributed by atoms with Gasteiger partial charge in [0.1, 0.15) is 0 Å². The summed E-state index contributed by atoms with van der Waals surface area (Å²) >= 11 is 0. The van der Waals surface area contributed by atoms with E-state index in [2.05, 4.69) is 21.7 Å². The molecule has 0 spiro atoms. The van der Waals surface area contributed by atoms with E-state index in [-0.39, 0.29) is 0 Å². The molecule has 0 aliphatic rings. The van der Waals surface area contributed by atoms with Gasteiger partial charge in [-0.2, -0.15) is 21.7 Å². The molecule has 0 rings (SSSR count). The molecule has 9 heteroatoms. The minimum absolute atomic E-state index is 1.01. The van der Waals surface area contributed by atoms with Crippen LogP contribution >= 0.6 is 0 Å². The van der Waals surface area contributed by atoms with Crippen molar-refractivity contribution < 1.29 is 14.8 Å². The van der Waals surface area contributed by atoms with Gasteiger partial charge in [-0.15, -0.1) is 11.7 Å². The van der Waals surface area contributed by atoms with Gasteiger partial charge < -0.3 is 0 Å². The zero-order chi connectivity index (χ0) is 7.33. The lowest BCUT2D eigenvalue weighted by molar-refractivity contribution is -1.08. The van der Waals surface area contributed by atoms with Gasteiger partial charge >= 0.3 is 0 Å². The molecule has 0 amide bonds. The third kappa shape index (κ3) is 4.16. The predicted octanol–water partition coefficient (Wildman–Crippen LogP) is -3.83. The molecule has 0 unspecified atom stereocenters. The van der Waals surface area contributed by atoms with Crippen molar-refractivity contribution in [1.82, 2.24) is 11.2 Å². The monoisotopic (exact) mass is 140 g/mol. The Morgan fingerprint density at radius 3 is 1.56 bits per heavy atom. The summed E-state index contributed by atoms with van der Waals surface area (Å²) in [6.07, 6.45) is 0. The first-order chi connectivity index (χ1) is 4.12. The highest BCUT2D eigenvalue weighted by Crippen LogP contribution is 1.65. The quantitative estimate of drug-likeness (QED) is 0.132. The normalized spacial score (nSPS) is 12.0. The number of hydrogen-bond donors (Lipinski definition) is 6. The van der Waals surface area contributed by atoms with E-state index < -0.39 is 4.92 Å². The van der Waals surface area contributed by atoms with Crippen LogP contribution in [0.1, 0.15) is 0 Å². The van der Waals surface area contributed by atoms with Crippen molar-refractivity contribution in [1.29, 1.82) is 0 Å². The molecule has 10 N–H and O–H groups in total. The van der Waals surface area contributed by atoms with Gasteiger partial charge in [0, 0.05) is 16.1 Å². The number of nitrogens with zero attached hydrogens (tertiary/aromatic N) is 1. The highest BCUT2D eigenvalue weighted by atomic mass is 16.9. The molecular formula is H10N7O2+. The highest BCUT2D eigenvalue weighted by Gasteiger charge is 2.16. The van der Waals surface area contributed by atoms with Gasteiger partial charge in [0.25, 0.3) is 0 Å². The van der Waals surface area contributed by atoms with E-state index in [9.17, 15) is 0 Å². The van der Waals surface area contributed by atoms with Gasteiger partial charge in [-0.25, -0.2) is 0 Å². The molecule has 9 nitrogen and oxygen atoms in total. The van der Waals surface area contributed by atoms with Crippen LogP contribution in [0.4, 0.5) is 0 Å². The van der Waals surface area contributed by atoms with E-state index in [4.69, 9.17) is 11.7 Å². The fourth-order valence-corrected chi connectivity index (χ4v) is 0.193. The van der Waals surface area contributed by atoms with Crippen LogP contribution in [0.2, 0.25) is 0 Å². The van der Waals surface area contributed by atoms with E-state index in [1.54, 1.807) is 0 Å². The van der Waals surface area contributed by atoms with E-state index in [0.717, 1.165) is 0 Å². The van der Waals surface area contributed by atoms with Crippen LogP contribution in [0.15, 0.2) is 0 Å². The molecule has 0 saturated heterocycles. The maximum Gasteiger partial charge on any atom is 0.0395 e. The topological polar surface area (TPSA) is 147 Å². The van der Waals surface area contributed by atoms with E-state index in [0.29, 0.717) is 0 Å². The minimum Gasteiger partial charge on any atom is -0.191 e. The Morgan fingerprint density at radius 1 is 1.00 bits per heavy atom. The van der Waals surface area contributed by atoms with Crippen LogP contribution < -0.4 is 34.7 Å². The number of quaternary nitrogens is 1. The van der Waals surface area contributed by atoms with Crippen molar-refractivity contribution in [3.05, 3.63) is 0 Å². The third-order valence-electron chi connectivity index (χ3n) is 0.408. The first kappa shape index (κ1) is 8.64. The van der Waals surface area contributed by atoms with Crippen molar-refractivity contribution >= 4 is 0 Å². The third-order valence-corrected chi connectivity index (χ3v) is 0.408. The predicted molar refractivity (Wildman–Crippen MR) is 25.5 cm³/mol. The van der Waals surface area contributed by atoms with Gasteiger partial charge in [-0.05, 0) is 0 Å². The maximum atomic E-state index is 5.02. The van der Waals surface area contributed by atoms with E-state index in [1.165, 1.54) is 0 Å². The molecule has 0 saturated carbocycles. The number of rotatable bonds is 4. The lowest BCUT2D eigenvalue weighted by Gasteiger charge is -2.20. The zero-order valence-electron chi connectivity index (χ0n) is 4.57. The summed E-state index contributed by atoms with van der Waals surface area (Å²) in [7, 11) is 0. The van der Waals surface area contributed by atoms with Crippen molar-refractivity contribution in [3.63, 3.8) is 0 Å². The minimum atomic E-state index is -1.01. The van der Waals surface area contributed by atoms with Gasteiger partial charge in [0.05, 0.1) is 0 Å². The fourth-order valence-electron chi connectivity index (χ4n) is 0.193. The number of nitrogens with one attached hydrogen (secondary N) is 2. The summed E-state index contributed by atoms with van der Waals surface area (Å²) < 4.78 is 0. The smallest absolute Gasteiger partial charge is 0.0395 e. The first-order valence-corrected chi connectivity index (χ1v) is 1.84. The Hall–Kier alpha value is -0.360. The van der Waals surface area contributed by atoms with Crippen LogP contribution in [0.25, 0.3) is 0 Å². The molecule has 0 atom stereocenters. The summed E-state index contributed by atoms with van der Waals surface area (Å²) in [5, 5.41) is 0. The van der Waals surface area contributed by atoms with Crippen molar-refractivity contribution in [2.75, 3.05) is 0 Å². The molecule has 0 bridgehead atoms. The first-order valence-electron chi connectivity index (χ1n) is 1.84. The summed E-state index contributed by atoms with van der Waals surface area (Å²) in [4.78, 5) is 6.66. The largest absolute Gasteiger partial charge is 0.191 e. The number of nitrogens with two attached hydrogens (primary N) is 4. The lowest BCUT2D eigenvalue weighted by atomic mass is 11.9. The fraction of sp³-hybridized carbons (Fsp3) is 0. The average Bonchev–Trinajstić information content (AvgIpc) is 1.64. The molecular weight excluding hydrogens is 130 g/mol. The molecule has 56 valence electrons. The molecule has 0 aromatic rings. The second kappa shape index (κ2) is 3.62. The zero-order valence-corrected chi connectivity index (χ0v) is 4.57. The lowest BCUT2D eigenvalue weighted by Crippen LogP contribution is -2.76. The molecule has 9 heavy (non-hydrogen) atoms. The van der Waals surface area contributed by atoms with E-state index >= 15 is 0 Å². The summed E-state index contributed by atoms with van der Waals surface area (Å²) in [5.41, 5.74) is 3.76. The summed E-state index contributed by atoms with van der Waals surface area (Å²) in [6, 6.07) is 0. The Morgan fingerprint density at radius 2 is 1.33 bits per heavy atom. The maximum absolute atomic E-state index is 5.02. The molecule has 0 aromatic heterocycles. The molecule has 0 fully saturated rings. The molecule has 0 aliphatic carbocycles. The van der Waals surface area contributed by atoms with Crippen LogP contribution in [0, 0.1) is 0 Å². The Balaban J connectivity index is 3.43. The van der Waals surface area contributed by atoms with Gasteiger partial charge in [-0.3, -0.25) is 0 Å². The van der Waals surface area contributed by atoms with Crippen LogP contribution in [-0.2, 0) is 9.88 Å². The van der Waals surface area contributed by atoms with Gasteiger partial charge in [0.2, 0.25) is 0 Å². The average molecular weight is 140 g/mol. The van der Waals surface area contributed by atoms with Crippen LogP contribution in [-0.4, -0.2) is 4.92 Å². The molecule has 0 aliphatic heterocycles. The SMILES string of the molecule is NON[N+](N)(N)NON. The van der Waals surface area contributed by atoms with E-state index in [1.807, 2.05) is 11.2 Å². The molecule has 0 radical (unpaired) electrons. The Kier molecular flexibility index (Phi) is 3.48. The summed E-state index contributed by atoms with van der Waals surface area (Å²) in [6.45, 7) is 0. The molecule has 0 heterocycles. The van der Waals surface area contributed by atoms with Crippen LogP contribution in [0.5, 0.6) is 0 Å².